The molecule has 0 bridgehead atoms. The van der Waals surface area contributed by atoms with Crippen molar-refractivity contribution in [1.82, 2.24) is 15.1 Å². The van der Waals surface area contributed by atoms with Crippen LogP contribution in [0.2, 0.25) is 0 Å². The Balaban J connectivity index is 2.62. The zero-order valence-corrected chi connectivity index (χ0v) is 16.1. The van der Waals surface area contributed by atoms with Gasteiger partial charge < -0.3 is 24.3 Å². The number of aryl methyl sites for hydroxylation is 2. The van der Waals surface area contributed by atoms with Crippen molar-refractivity contribution >= 4 is 11.8 Å². The first kappa shape index (κ1) is 21.2. The number of nitrogens with zero attached hydrogens (tertiary/aromatic N) is 2. The Morgan fingerprint density at radius 2 is 1.92 bits per heavy atom. The number of carbonyl (C=O) groups is 2. The molecule has 1 aromatic heterocycles. The van der Waals surface area contributed by atoms with Gasteiger partial charge in [-0.1, -0.05) is 0 Å². The first-order valence-electron chi connectivity index (χ1n) is 8.61. The third-order valence-corrected chi connectivity index (χ3v) is 3.83. The van der Waals surface area contributed by atoms with Crippen molar-refractivity contribution in [2.45, 2.75) is 26.7 Å². The van der Waals surface area contributed by atoms with Crippen LogP contribution in [0.1, 0.15) is 34.7 Å². The van der Waals surface area contributed by atoms with E-state index in [2.05, 4.69) is 5.32 Å². The smallest absolute Gasteiger partial charge is 0.257 e. The Bertz CT molecular complexity index is 555. The topological polar surface area (TPSA) is 75.0 Å². The average molecular weight is 353 g/mol. The minimum Gasteiger partial charge on any atom is -0.466 e. The van der Waals surface area contributed by atoms with Gasteiger partial charge in [0.1, 0.15) is 11.5 Å². The minimum atomic E-state index is -0.105. The average Bonchev–Trinajstić information content (AvgIpc) is 2.88. The number of nitrogens with one attached hydrogen (secondary N) is 1. The largest absolute Gasteiger partial charge is 0.466 e. The van der Waals surface area contributed by atoms with Gasteiger partial charge in [0.05, 0.1) is 5.56 Å². The van der Waals surface area contributed by atoms with Crippen molar-refractivity contribution in [3.63, 3.8) is 0 Å². The van der Waals surface area contributed by atoms with Crippen molar-refractivity contribution in [3.8, 4) is 0 Å². The highest BCUT2D eigenvalue weighted by Gasteiger charge is 2.21. The first-order valence-corrected chi connectivity index (χ1v) is 8.61. The molecule has 0 unspecified atom stereocenters. The molecular weight excluding hydrogens is 322 g/mol. The van der Waals surface area contributed by atoms with E-state index in [1.54, 1.807) is 25.0 Å². The molecule has 0 radical (unpaired) electrons. The molecule has 0 saturated heterocycles. The summed E-state index contributed by atoms with van der Waals surface area (Å²) in [5.74, 6) is 1.16. The van der Waals surface area contributed by atoms with Crippen LogP contribution in [0.4, 0.5) is 0 Å². The fourth-order valence-electron chi connectivity index (χ4n) is 2.47. The van der Waals surface area contributed by atoms with E-state index in [1.165, 1.54) is 0 Å². The summed E-state index contributed by atoms with van der Waals surface area (Å²) < 4.78 is 10.5. The second-order valence-corrected chi connectivity index (χ2v) is 6.37. The molecule has 25 heavy (non-hydrogen) atoms. The molecular formula is C18H31N3O4. The molecule has 1 heterocycles. The fourth-order valence-corrected chi connectivity index (χ4v) is 2.47. The molecule has 2 amide bonds. The molecule has 1 aromatic rings. The maximum Gasteiger partial charge on any atom is 0.257 e. The maximum atomic E-state index is 12.8. The summed E-state index contributed by atoms with van der Waals surface area (Å²) in [5.41, 5.74) is 0.558. The second-order valence-electron chi connectivity index (χ2n) is 6.37. The number of ether oxygens (including phenoxy) is 1. The van der Waals surface area contributed by atoms with E-state index in [1.807, 2.05) is 25.9 Å². The molecule has 0 aromatic carbocycles. The van der Waals surface area contributed by atoms with E-state index in [-0.39, 0.29) is 18.2 Å². The fraction of sp³-hybridized carbons (Fsp3) is 0.667. The van der Waals surface area contributed by atoms with Crippen LogP contribution in [-0.4, -0.2) is 75.6 Å². The third kappa shape index (κ3) is 7.70. The van der Waals surface area contributed by atoms with Gasteiger partial charge in [0.2, 0.25) is 5.91 Å². The van der Waals surface area contributed by atoms with Crippen LogP contribution < -0.4 is 5.32 Å². The first-order chi connectivity index (χ1) is 11.8. The van der Waals surface area contributed by atoms with Gasteiger partial charge in [0.25, 0.3) is 5.91 Å². The van der Waals surface area contributed by atoms with Gasteiger partial charge in [-0.25, -0.2) is 0 Å². The number of methoxy groups -OCH3 is 1. The lowest BCUT2D eigenvalue weighted by molar-refractivity contribution is -0.121. The number of carbonyl (C=O) groups excluding carboxylic acids is 2. The lowest BCUT2D eigenvalue weighted by Gasteiger charge is -2.22. The van der Waals surface area contributed by atoms with Crippen molar-refractivity contribution in [2.75, 3.05) is 54.0 Å². The maximum absolute atomic E-state index is 12.8. The van der Waals surface area contributed by atoms with E-state index in [9.17, 15) is 9.59 Å². The Morgan fingerprint density at radius 3 is 2.48 bits per heavy atom. The van der Waals surface area contributed by atoms with Gasteiger partial charge in [-0.05, 0) is 40.4 Å². The number of rotatable bonds is 11. The predicted octanol–water partition coefficient (Wildman–Crippen LogP) is 1.44. The summed E-state index contributed by atoms with van der Waals surface area (Å²) in [4.78, 5) is 28.5. The summed E-state index contributed by atoms with van der Waals surface area (Å²) in [7, 11) is 5.54. The van der Waals surface area contributed by atoms with Gasteiger partial charge in [-0.3, -0.25) is 9.59 Å². The van der Waals surface area contributed by atoms with Gasteiger partial charge in [0.15, 0.2) is 0 Å². The zero-order chi connectivity index (χ0) is 18.8. The van der Waals surface area contributed by atoms with Crippen LogP contribution in [-0.2, 0) is 9.53 Å². The highest BCUT2D eigenvalue weighted by molar-refractivity contribution is 5.95. The molecule has 1 N–H and O–H groups in total. The molecule has 0 spiro atoms. The molecule has 0 aliphatic heterocycles. The van der Waals surface area contributed by atoms with Crippen LogP contribution in [0, 0.1) is 13.8 Å². The highest BCUT2D eigenvalue weighted by Crippen LogP contribution is 2.16. The lowest BCUT2D eigenvalue weighted by Crippen LogP contribution is -2.37. The van der Waals surface area contributed by atoms with Gasteiger partial charge in [0, 0.05) is 46.3 Å². The van der Waals surface area contributed by atoms with E-state index < -0.39 is 0 Å². The second kappa shape index (κ2) is 10.9. The summed E-state index contributed by atoms with van der Waals surface area (Å²) >= 11 is 0. The Kier molecular flexibility index (Phi) is 9.23. The number of amides is 2. The van der Waals surface area contributed by atoms with Crippen molar-refractivity contribution in [2.24, 2.45) is 0 Å². The van der Waals surface area contributed by atoms with Crippen LogP contribution in [0.3, 0.4) is 0 Å². The zero-order valence-electron chi connectivity index (χ0n) is 16.1. The molecule has 1 rings (SSSR count). The summed E-state index contributed by atoms with van der Waals surface area (Å²) in [6.07, 6.45) is 1.00. The molecule has 0 atom stereocenters. The summed E-state index contributed by atoms with van der Waals surface area (Å²) in [6.45, 7) is 6.47. The predicted molar refractivity (Wildman–Crippen MR) is 96.8 cm³/mol. The number of likely N-dealkylation sites (N-methyl/N-ethyl adjacent to an activating group) is 1. The van der Waals surface area contributed by atoms with Gasteiger partial charge in [-0.15, -0.1) is 0 Å². The summed E-state index contributed by atoms with van der Waals surface area (Å²) in [5, 5.41) is 2.87. The van der Waals surface area contributed by atoms with Gasteiger partial charge >= 0.3 is 0 Å². The number of furan rings is 1. The monoisotopic (exact) mass is 353 g/mol. The number of hydrogen-bond donors (Lipinski definition) is 1. The Hall–Kier alpha value is -1.86. The van der Waals surface area contributed by atoms with E-state index >= 15 is 0 Å². The highest BCUT2D eigenvalue weighted by atomic mass is 16.5. The molecule has 142 valence electrons. The molecule has 7 heteroatoms. The van der Waals surface area contributed by atoms with E-state index in [0.29, 0.717) is 43.3 Å². The SMILES string of the molecule is COCCCN(CCC(=O)NCCN(C)C)C(=O)c1cc(C)oc1C. The quantitative estimate of drug-likeness (QED) is 0.609. The molecule has 0 aliphatic rings. The minimum absolute atomic E-state index is 0.0495. The lowest BCUT2D eigenvalue weighted by atomic mass is 10.2. The van der Waals surface area contributed by atoms with Crippen LogP contribution in [0.5, 0.6) is 0 Å². The van der Waals surface area contributed by atoms with Crippen LogP contribution in [0.15, 0.2) is 10.5 Å². The van der Waals surface area contributed by atoms with E-state index in [0.717, 1.165) is 13.0 Å². The molecule has 7 nitrogen and oxygen atoms in total. The summed E-state index contributed by atoms with van der Waals surface area (Å²) in [6, 6.07) is 1.75. The number of hydrogen-bond acceptors (Lipinski definition) is 5. The van der Waals surface area contributed by atoms with Crippen molar-refractivity contribution in [3.05, 3.63) is 23.2 Å². The van der Waals surface area contributed by atoms with Crippen molar-refractivity contribution in [1.29, 1.82) is 0 Å². The Morgan fingerprint density at radius 1 is 1.20 bits per heavy atom. The normalized spacial score (nSPS) is 11.0. The van der Waals surface area contributed by atoms with Crippen molar-refractivity contribution < 1.29 is 18.7 Å². The third-order valence-electron chi connectivity index (χ3n) is 3.83. The van der Waals surface area contributed by atoms with Crippen LogP contribution in [0.25, 0.3) is 0 Å². The van der Waals surface area contributed by atoms with E-state index in [4.69, 9.17) is 9.15 Å². The van der Waals surface area contributed by atoms with Crippen LogP contribution >= 0.6 is 0 Å². The molecule has 0 aliphatic carbocycles. The van der Waals surface area contributed by atoms with Gasteiger partial charge in [-0.2, -0.15) is 0 Å². The Labute approximate surface area is 150 Å². The standard InChI is InChI=1S/C18H31N3O4/c1-14-13-16(15(2)25-14)18(23)21(9-6-12-24-5)10-7-17(22)19-8-11-20(3)4/h13H,6-12H2,1-5H3,(H,19,22). The molecule has 0 saturated carbocycles. The molecule has 0 fully saturated rings.